The minimum Gasteiger partial charge on any atom is -0.497 e. The third-order valence-electron chi connectivity index (χ3n) is 3.77. The summed E-state index contributed by atoms with van der Waals surface area (Å²) >= 11 is 3.49. The Morgan fingerprint density at radius 3 is 2.21 bits per heavy atom. The summed E-state index contributed by atoms with van der Waals surface area (Å²) in [7, 11) is 2.94. The molecule has 0 aliphatic carbocycles. The maximum Gasteiger partial charge on any atom is 0.334 e. The summed E-state index contributed by atoms with van der Waals surface area (Å²) in [5.74, 6) is 0.328. The van der Waals surface area contributed by atoms with Gasteiger partial charge < -0.3 is 9.47 Å². The van der Waals surface area contributed by atoms with E-state index in [-0.39, 0.29) is 18.2 Å². The lowest BCUT2D eigenvalue weighted by molar-refractivity contribution is -0.136. The van der Waals surface area contributed by atoms with Crippen LogP contribution < -0.4 is 4.74 Å². The number of benzene rings is 1. The van der Waals surface area contributed by atoms with Crippen molar-refractivity contribution in [2.75, 3.05) is 14.2 Å². The molecular weight excluding hydrogens is 372 g/mol. The van der Waals surface area contributed by atoms with Crippen molar-refractivity contribution in [1.29, 1.82) is 0 Å². The van der Waals surface area contributed by atoms with Gasteiger partial charge in [-0.3, -0.25) is 4.79 Å². The lowest BCUT2D eigenvalue weighted by atomic mass is 10.0. The Morgan fingerprint density at radius 1 is 1.00 bits per heavy atom. The van der Waals surface area contributed by atoms with Gasteiger partial charge in [0.1, 0.15) is 5.75 Å². The largest absolute Gasteiger partial charge is 0.497 e. The van der Waals surface area contributed by atoms with E-state index in [9.17, 15) is 9.59 Å². The fourth-order valence-electron chi connectivity index (χ4n) is 2.31. The maximum atomic E-state index is 12.3. The van der Waals surface area contributed by atoms with Gasteiger partial charge >= 0.3 is 5.97 Å². The molecule has 0 aliphatic rings. The van der Waals surface area contributed by atoms with Crippen LogP contribution in [0.5, 0.6) is 5.75 Å². The minimum atomic E-state index is -0.374. The third kappa shape index (κ3) is 6.48. The molecule has 0 aromatic heterocycles. The van der Waals surface area contributed by atoms with Gasteiger partial charge in [0.15, 0.2) is 5.78 Å². The SMILES string of the molecule is CCCCC/C(Br)=C(\CCC(=O)c1ccc(OC)cc1)C(=O)OC. The molecule has 0 amide bonds. The number of carbonyl (C=O) groups excluding carboxylic acids is 2. The molecule has 1 aromatic carbocycles. The van der Waals surface area contributed by atoms with Crippen LogP contribution in [0.15, 0.2) is 34.3 Å². The normalized spacial score (nSPS) is 11.7. The second-order valence-electron chi connectivity index (χ2n) is 5.48. The van der Waals surface area contributed by atoms with Crippen LogP contribution in [0.4, 0.5) is 0 Å². The zero-order valence-corrected chi connectivity index (χ0v) is 16.1. The monoisotopic (exact) mass is 396 g/mol. The molecule has 0 saturated carbocycles. The molecule has 4 nitrogen and oxygen atoms in total. The number of rotatable bonds is 10. The van der Waals surface area contributed by atoms with E-state index in [1.54, 1.807) is 31.4 Å². The summed E-state index contributed by atoms with van der Waals surface area (Å²) in [5, 5.41) is 0. The highest BCUT2D eigenvalue weighted by Gasteiger charge is 2.17. The van der Waals surface area contributed by atoms with Gasteiger partial charge in [0.25, 0.3) is 0 Å². The Bertz CT molecular complexity index is 576. The van der Waals surface area contributed by atoms with Crippen LogP contribution in [0.2, 0.25) is 0 Å². The van der Waals surface area contributed by atoms with Crippen LogP contribution in [-0.4, -0.2) is 26.0 Å². The third-order valence-corrected chi connectivity index (χ3v) is 4.65. The number of halogens is 1. The number of ether oxygens (including phenoxy) is 2. The highest BCUT2D eigenvalue weighted by molar-refractivity contribution is 9.11. The van der Waals surface area contributed by atoms with E-state index < -0.39 is 0 Å². The molecule has 0 N–H and O–H groups in total. The first-order chi connectivity index (χ1) is 11.5. The first kappa shape index (κ1) is 20.4. The smallest absolute Gasteiger partial charge is 0.334 e. The van der Waals surface area contributed by atoms with Gasteiger partial charge in [-0.05, 0) is 43.5 Å². The molecular formula is C19H25BrO4. The van der Waals surface area contributed by atoms with Gasteiger partial charge in [-0.15, -0.1) is 0 Å². The molecule has 0 aliphatic heterocycles. The number of carbonyl (C=O) groups is 2. The Hall–Kier alpha value is -1.62. The number of hydrogen-bond acceptors (Lipinski definition) is 4. The topological polar surface area (TPSA) is 52.6 Å². The summed E-state index contributed by atoms with van der Waals surface area (Å²) < 4.78 is 10.8. The van der Waals surface area contributed by atoms with Gasteiger partial charge in [0.05, 0.1) is 14.2 Å². The number of allylic oxidation sites excluding steroid dienone is 1. The first-order valence-corrected chi connectivity index (χ1v) is 8.95. The molecule has 0 saturated heterocycles. The summed E-state index contributed by atoms with van der Waals surface area (Å²) in [6, 6.07) is 6.98. The Balaban J connectivity index is 2.74. The fraction of sp³-hybridized carbons (Fsp3) is 0.474. The van der Waals surface area contributed by atoms with Crippen LogP contribution in [0, 0.1) is 0 Å². The average molecular weight is 397 g/mol. The second kappa shape index (κ2) is 11.0. The molecule has 0 heterocycles. The molecule has 24 heavy (non-hydrogen) atoms. The van der Waals surface area contributed by atoms with Crippen molar-refractivity contribution in [1.82, 2.24) is 0 Å². The number of unbranched alkanes of at least 4 members (excludes halogenated alkanes) is 2. The number of methoxy groups -OCH3 is 2. The number of Topliss-reactive ketones (excluding diaryl/α,β-unsaturated/α-hetero) is 1. The van der Waals surface area contributed by atoms with Crippen molar-refractivity contribution in [2.45, 2.75) is 45.4 Å². The molecule has 132 valence electrons. The van der Waals surface area contributed by atoms with Crippen molar-refractivity contribution in [3.8, 4) is 5.75 Å². The van der Waals surface area contributed by atoms with E-state index in [0.29, 0.717) is 23.3 Å². The predicted molar refractivity (Wildman–Crippen MR) is 98.7 cm³/mol. The lowest BCUT2D eigenvalue weighted by Crippen LogP contribution is -2.09. The van der Waals surface area contributed by atoms with E-state index >= 15 is 0 Å². The van der Waals surface area contributed by atoms with Crippen LogP contribution in [0.1, 0.15) is 55.8 Å². The van der Waals surface area contributed by atoms with E-state index in [4.69, 9.17) is 9.47 Å². The number of esters is 1. The van der Waals surface area contributed by atoms with E-state index in [0.717, 1.165) is 30.2 Å². The van der Waals surface area contributed by atoms with Gasteiger partial charge in [0, 0.05) is 22.0 Å². The summed E-state index contributed by atoms with van der Waals surface area (Å²) in [6.45, 7) is 2.13. The number of ketones is 1. The van der Waals surface area contributed by atoms with Gasteiger partial charge in [-0.1, -0.05) is 35.7 Å². The van der Waals surface area contributed by atoms with Gasteiger partial charge in [-0.25, -0.2) is 4.79 Å². The Morgan fingerprint density at radius 2 is 1.67 bits per heavy atom. The Kier molecular flexibility index (Phi) is 9.38. The summed E-state index contributed by atoms with van der Waals surface area (Å²) in [4.78, 5) is 24.3. The van der Waals surface area contributed by atoms with Gasteiger partial charge in [0.2, 0.25) is 0 Å². The first-order valence-electron chi connectivity index (χ1n) is 8.16. The van der Waals surface area contributed by atoms with Crippen molar-refractivity contribution < 1.29 is 19.1 Å². The van der Waals surface area contributed by atoms with Gasteiger partial charge in [-0.2, -0.15) is 0 Å². The Labute approximate surface area is 152 Å². The van der Waals surface area contributed by atoms with E-state index in [1.807, 2.05) is 0 Å². The highest BCUT2D eigenvalue weighted by atomic mass is 79.9. The maximum absolute atomic E-state index is 12.3. The molecule has 0 spiro atoms. The summed E-state index contributed by atoms with van der Waals surface area (Å²) in [5.41, 5.74) is 1.16. The molecule has 0 bridgehead atoms. The zero-order valence-electron chi connectivity index (χ0n) is 14.6. The van der Waals surface area contributed by atoms with E-state index in [1.165, 1.54) is 7.11 Å². The van der Waals surface area contributed by atoms with Crippen LogP contribution in [0.3, 0.4) is 0 Å². The van der Waals surface area contributed by atoms with Crippen molar-refractivity contribution >= 4 is 27.7 Å². The molecule has 0 atom stereocenters. The van der Waals surface area contributed by atoms with Crippen molar-refractivity contribution in [2.24, 2.45) is 0 Å². The predicted octanol–water partition coefficient (Wildman–Crippen LogP) is 5.06. The fourth-order valence-corrected chi connectivity index (χ4v) is 2.95. The zero-order chi connectivity index (χ0) is 17.9. The number of hydrogen-bond donors (Lipinski definition) is 0. The standard InChI is InChI=1S/C19H25BrO4/c1-4-5-6-7-17(20)16(19(22)24-3)12-13-18(21)14-8-10-15(23-2)11-9-14/h8-11H,4-7,12-13H2,1-3H3/b17-16-. The molecule has 1 rings (SSSR count). The average Bonchev–Trinajstić information content (AvgIpc) is 2.61. The van der Waals surface area contributed by atoms with Crippen molar-refractivity contribution in [3.63, 3.8) is 0 Å². The summed E-state index contributed by atoms with van der Waals surface area (Å²) in [6.07, 6.45) is 4.64. The quantitative estimate of drug-likeness (QED) is 0.240. The molecule has 0 unspecified atom stereocenters. The van der Waals surface area contributed by atoms with Crippen LogP contribution in [-0.2, 0) is 9.53 Å². The highest BCUT2D eigenvalue weighted by Crippen LogP contribution is 2.25. The molecule has 0 fully saturated rings. The molecule has 5 heteroatoms. The lowest BCUT2D eigenvalue weighted by Gasteiger charge is -2.09. The minimum absolute atomic E-state index is 0.00656. The molecule has 0 radical (unpaired) electrons. The van der Waals surface area contributed by atoms with Crippen LogP contribution in [0.25, 0.3) is 0 Å². The second-order valence-corrected chi connectivity index (χ2v) is 6.44. The van der Waals surface area contributed by atoms with Crippen LogP contribution >= 0.6 is 15.9 Å². The van der Waals surface area contributed by atoms with Crippen molar-refractivity contribution in [3.05, 3.63) is 39.9 Å². The van der Waals surface area contributed by atoms with E-state index in [2.05, 4.69) is 22.9 Å². The molecule has 1 aromatic rings.